The Hall–Kier alpha value is -0.420. The van der Waals surface area contributed by atoms with E-state index < -0.39 is 35.9 Å². The van der Waals surface area contributed by atoms with Crippen LogP contribution >= 0.6 is 12.0 Å². The lowest BCUT2D eigenvalue weighted by molar-refractivity contribution is -0.777. The Labute approximate surface area is 115 Å². The minimum Gasteiger partial charge on any atom is -0.691 e. The molecule has 2 saturated carbocycles. The highest BCUT2D eigenvalue weighted by molar-refractivity contribution is 7.95. The minimum absolute atomic E-state index is 0.160. The Bertz CT molecular complexity index is 379. The summed E-state index contributed by atoms with van der Waals surface area (Å²) in [6.45, 7) is -1.44. The van der Waals surface area contributed by atoms with Crippen molar-refractivity contribution >= 4 is 17.8 Å². The lowest BCUT2D eigenvalue weighted by atomic mass is 9.96. The zero-order valence-corrected chi connectivity index (χ0v) is 10.8. The maximum Gasteiger partial charge on any atom is 0.436 e. The molecular formula is C10H11F4O5S-. The van der Waals surface area contributed by atoms with Gasteiger partial charge < -0.3 is 9.99 Å². The summed E-state index contributed by atoms with van der Waals surface area (Å²) >= 11 is -0.827. The molecule has 0 heterocycles. The minimum atomic E-state index is -5.34. The average Bonchev–Trinajstić information content (AvgIpc) is 2.94. The number of ether oxygens (including phenoxy) is 1. The largest absolute Gasteiger partial charge is 0.691 e. The van der Waals surface area contributed by atoms with E-state index in [4.69, 9.17) is 4.74 Å². The highest BCUT2D eigenvalue weighted by Crippen LogP contribution is 2.47. The summed E-state index contributed by atoms with van der Waals surface area (Å²) in [4.78, 5) is 11.7. The fourth-order valence-electron chi connectivity index (χ4n) is 2.65. The van der Waals surface area contributed by atoms with Crippen molar-refractivity contribution in [3.63, 3.8) is 0 Å². The van der Waals surface area contributed by atoms with Gasteiger partial charge in [-0.1, -0.05) is 0 Å². The van der Waals surface area contributed by atoms with E-state index in [9.17, 15) is 27.6 Å². The molecule has 0 radical (unpaired) electrons. The van der Waals surface area contributed by atoms with Gasteiger partial charge >= 0.3 is 11.2 Å². The van der Waals surface area contributed by atoms with Crippen molar-refractivity contribution in [3.8, 4) is 0 Å². The van der Waals surface area contributed by atoms with Crippen molar-refractivity contribution in [1.29, 1.82) is 0 Å². The number of fused-ring (bicyclic) bond motifs is 2. The summed E-state index contributed by atoms with van der Waals surface area (Å²) in [5.41, 5.74) is 0. The van der Waals surface area contributed by atoms with E-state index in [1.807, 2.05) is 0 Å². The summed E-state index contributed by atoms with van der Waals surface area (Å²) in [5, 5.41) is 8.30. The number of carbonyl (C=O) groups is 1. The van der Waals surface area contributed by atoms with Crippen LogP contribution in [0, 0.1) is 11.8 Å². The van der Waals surface area contributed by atoms with Gasteiger partial charge in [-0.25, -0.2) is 4.39 Å². The first-order valence-corrected chi connectivity index (χ1v) is 6.58. The highest BCUT2D eigenvalue weighted by Gasteiger charge is 2.60. The van der Waals surface area contributed by atoms with Gasteiger partial charge in [0.15, 0.2) is 5.78 Å². The predicted octanol–water partition coefficient (Wildman–Crippen LogP) is 1.47. The third-order valence-electron chi connectivity index (χ3n) is 3.65. The average molecular weight is 319 g/mol. The molecule has 10 heteroatoms. The molecule has 0 aliphatic heterocycles. The lowest BCUT2D eigenvalue weighted by Gasteiger charge is -2.28. The molecule has 4 unspecified atom stereocenters. The number of rotatable bonds is 6. The van der Waals surface area contributed by atoms with Crippen molar-refractivity contribution in [3.05, 3.63) is 0 Å². The zero-order valence-electron chi connectivity index (χ0n) is 10.0. The summed E-state index contributed by atoms with van der Waals surface area (Å²) in [5.74, 6) is -0.637. The molecule has 0 N–H and O–H groups in total. The molecule has 0 saturated heterocycles. The topological polar surface area (TPSA) is 67.8 Å². The zero-order chi connectivity index (χ0) is 15.0. The molecule has 0 spiro atoms. The molecular weight excluding hydrogens is 308 g/mol. The summed E-state index contributed by atoms with van der Waals surface area (Å²) < 4.78 is 59.8. The maximum atomic E-state index is 13.8. The van der Waals surface area contributed by atoms with Crippen LogP contribution in [-0.4, -0.2) is 29.7 Å². The molecule has 2 bridgehead atoms. The van der Waals surface area contributed by atoms with Crippen molar-refractivity contribution in [2.24, 2.45) is 11.8 Å². The summed E-state index contributed by atoms with van der Waals surface area (Å²) in [6.07, 6.45) is -4.40. The third kappa shape index (κ3) is 2.93. The molecule has 5 nitrogen and oxygen atoms in total. The number of ketones is 1. The Morgan fingerprint density at radius 2 is 2.00 bits per heavy atom. The quantitative estimate of drug-likeness (QED) is 0.320. The number of hydrogen-bond donors (Lipinski definition) is 0. The molecule has 20 heavy (non-hydrogen) atoms. The number of carbonyl (C=O) groups excluding carboxylic acids is 1. The first-order chi connectivity index (χ1) is 9.28. The molecule has 0 aromatic heterocycles. The molecule has 116 valence electrons. The van der Waals surface area contributed by atoms with Gasteiger partial charge in [-0.05, 0) is 25.2 Å². The summed E-state index contributed by atoms with van der Waals surface area (Å²) in [6, 6.07) is 0. The normalized spacial score (nSPS) is 32.6. The number of halogens is 4. The standard InChI is InChI=1S/C10H12F4O5S/c11-9(10(12,13)14,20-19-18-16)4-17-8-6-2-1-5(3-6)7(8)15/h5-6,8,16H,1-4H2/p-1. The van der Waals surface area contributed by atoms with E-state index in [0.29, 0.717) is 19.3 Å². The van der Waals surface area contributed by atoms with E-state index in [0.717, 1.165) is 0 Å². The van der Waals surface area contributed by atoms with Gasteiger partial charge in [-0.15, -0.1) is 0 Å². The number of Topliss-reactive ketones (excluding diaryl/α,β-unsaturated/α-hetero) is 1. The van der Waals surface area contributed by atoms with Crippen LogP contribution in [0.15, 0.2) is 0 Å². The van der Waals surface area contributed by atoms with Crippen molar-refractivity contribution in [2.45, 2.75) is 36.5 Å². The van der Waals surface area contributed by atoms with Crippen LogP contribution in [0.2, 0.25) is 0 Å². The fraction of sp³-hybridized carbons (Fsp3) is 0.900. The van der Waals surface area contributed by atoms with Gasteiger partial charge in [0.1, 0.15) is 12.7 Å². The second-order valence-corrected chi connectivity index (χ2v) is 5.80. The second-order valence-electron chi connectivity index (χ2n) is 4.85. The molecule has 2 aliphatic rings. The van der Waals surface area contributed by atoms with Crippen LogP contribution in [0.1, 0.15) is 19.3 Å². The van der Waals surface area contributed by atoms with Crippen LogP contribution in [0.25, 0.3) is 0 Å². The van der Waals surface area contributed by atoms with Gasteiger partial charge in [0.25, 0.3) is 0 Å². The maximum absolute atomic E-state index is 13.8. The van der Waals surface area contributed by atoms with Crippen LogP contribution in [0.3, 0.4) is 0 Å². The molecule has 2 aliphatic carbocycles. The second kappa shape index (κ2) is 5.76. The fourth-order valence-corrected chi connectivity index (χ4v) is 3.00. The van der Waals surface area contributed by atoms with Crippen molar-refractivity contribution in [1.82, 2.24) is 0 Å². The van der Waals surface area contributed by atoms with E-state index in [2.05, 4.69) is 9.37 Å². The van der Waals surface area contributed by atoms with Gasteiger partial charge in [-0.2, -0.15) is 17.5 Å². The van der Waals surface area contributed by atoms with Crippen LogP contribution in [0.5, 0.6) is 0 Å². The Morgan fingerprint density at radius 1 is 1.30 bits per heavy atom. The predicted molar refractivity (Wildman–Crippen MR) is 55.2 cm³/mol. The van der Waals surface area contributed by atoms with Gasteiger partial charge in [0, 0.05) is 5.92 Å². The SMILES string of the molecule is O=C1C2CCC(C2)C1OCC(F)(SOO[O-])C(F)(F)F. The van der Waals surface area contributed by atoms with E-state index in [1.165, 1.54) is 0 Å². The molecule has 2 fully saturated rings. The molecule has 0 aromatic rings. The first kappa shape index (κ1) is 16.0. The van der Waals surface area contributed by atoms with Crippen molar-refractivity contribution in [2.75, 3.05) is 6.61 Å². The van der Waals surface area contributed by atoms with Gasteiger partial charge in [0.05, 0.1) is 12.0 Å². The lowest BCUT2D eigenvalue weighted by Crippen LogP contribution is -2.45. The molecule has 0 aromatic carbocycles. The third-order valence-corrected chi connectivity index (χ3v) is 4.39. The highest BCUT2D eigenvalue weighted by atomic mass is 32.2. The monoisotopic (exact) mass is 319 g/mol. The Balaban J connectivity index is 1.97. The summed E-state index contributed by atoms with van der Waals surface area (Å²) in [7, 11) is 0. The van der Waals surface area contributed by atoms with Crippen LogP contribution in [-0.2, 0) is 18.9 Å². The Kier molecular flexibility index (Phi) is 4.59. The first-order valence-electron chi connectivity index (χ1n) is 5.84. The Morgan fingerprint density at radius 3 is 2.50 bits per heavy atom. The van der Waals surface area contributed by atoms with Crippen LogP contribution < -0.4 is 5.26 Å². The number of hydrogen-bond acceptors (Lipinski definition) is 6. The molecule has 2 rings (SSSR count). The number of alkyl halides is 4. The van der Waals surface area contributed by atoms with E-state index in [-0.39, 0.29) is 17.6 Å². The van der Waals surface area contributed by atoms with Gasteiger partial charge in [0.2, 0.25) is 0 Å². The van der Waals surface area contributed by atoms with Gasteiger partial charge in [-0.3, -0.25) is 9.83 Å². The van der Waals surface area contributed by atoms with Crippen LogP contribution in [0.4, 0.5) is 17.6 Å². The van der Waals surface area contributed by atoms with E-state index >= 15 is 0 Å². The smallest absolute Gasteiger partial charge is 0.436 e. The molecule has 4 atom stereocenters. The molecule has 0 amide bonds. The van der Waals surface area contributed by atoms with E-state index in [1.54, 1.807) is 0 Å². The van der Waals surface area contributed by atoms with Crippen molar-refractivity contribution < 1.29 is 41.7 Å².